The summed E-state index contributed by atoms with van der Waals surface area (Å²) >= 11 is 0. The molecule has 0 radical (unpaired) electrons. The highest BCUT2D eigenvalue weighted by Crippen LogP contribution is 2.27. The molecule has 1 aromatic heterocycles. The minimum absolute atomic E-state index is 0.0349. The molecule has 1 aromatic rings. The molecule has 1 aliphatic heterocycles. The first-order valence-electron chi connectivity index (χ1n) is 5.79. The number of nitrogens with two attached hydrogens (primary N) is 1. The smallest absolute Gasteiger partial charge is 0.311 e. The predicted octanol–water partition coefficient (Wildman–Crippen LogP) is 0.462. The zero-order valence-corrected chi connectivity index (χ0v) is 10.2. The molecule has 0 saturated carbocycles. The fourth-order valence-corrected chi connectivity index (χ4v) is 1.98. The number of ether oxygens (including phenoxy) is 1. The first-order valence-corrected chi connectivity index (χ1v) is 5.79. The van der Waals surface area contributed by atoms with E-state index in [0.717, 1.165) is 5.56 Å². The lowest BCUT2D eigenvalue weighted by molar-refractivity contribution is -0.384. The molecular weight excluding hydrogens is 236 g/mol. The van der Waals surface area contributed by atoms with Gasteiger partial charge in [0, 0.05) is 31.9 Å². The summed E-state index contributed by atoms with van der Waals surface area (Å²) in [6.45, 7) is 3.82. The topological polar surface area (TPSA) is 94.5 Å². The van der Waals surface area contributed by atoms with Gasteiger partial charge >= 0.3 is 5.69 Å². The van der Waals surface area contributed by atoms with Gasteiger partial charge in [-0.2, -0.15) is 0 Å². The molecule has 7 nitrogen and oxygen atoms in total. The molecule has 1 unspecified atom stereocenters. The Labute approximate surface area is 105 Å². The molecule has 0 bridgehead atoms. The van der Waals surface area contributed by atoms with Crippen molar-refractivity contribution in [2.45, 2.75) is 13.0 Å². The van der Waals surface area contributed by atoms with Crippen LogP contribution in [0.1, 0.15) is 5.56 Å². The Bertz CT molecular complexity index is 452. The number of hydrogen-bond acceptors (Lipinski definition) is 6. The van der Waals surface area contributed by atoms with Crippen LogP contribution in [-0.4, -0.2) is 42.3 Å². The van der Waals surface area contributed by atoms with Crippen molar-refractivity contribution in [2.24, 2.45) is 5.73 Å². The largest absolute Gasteiger partial charge is 0.373 e. The molecule has 2 rings (SSSR count). The van der Waals surface area contributed by atoms with Crippen molar-refractivity contribution in [2.75, 3.05) is 31.1 Å². The summed E-state index contributed by atoms with van der Waals surface area (Å²) in [5.74, 6) is 0.396. The molecule has 0 aliphatic carbocycles. The van der Waals surface area contributed by atoms with Crippen LogP contribution in [0.2, 0.25) is 0 Å². The van der Waals surface area contributed by atoms with Crippen LogP contribution in [0.5, 0.6) is 0 Å². The number of nitrogens with zero attached hydrogens (tertiary/aromatic N) is 3. The Morgan fingerprint density at radius 2 is 2.50 bits per heavy atom. The van der Waals surface area contributed by atoms with Gasteiger partial charge in [-0.25, -0.2) is 4.98 Å². The number of morpholine rings is 1. The second-order valence-corrected chi connectivity index (χ2v) is 4.29. The zero-order chi connectivity index (χ0) is 13.1. The maximum atomic E-state index is 11.1. The molecular formula is C11H16N4O3. The average Bonchev–Trinajstić information content (AvgIpc) is 2.38. The lowest BCUT2D eigenvalue weighted by Crippen LogP contribution is -2.46. The highest BCUT2D eigenvalue weighted by atomic mass is 16.6. The highest BCUT2D eigenvalue weighted by molar-refractivity contribution is 5.58. The van der Waals surface area contributed by atoms with E-state index in [4.69, 9.17) is 10.5 Å². The van der Waals surface area contributed by atoms with Crippen molar-refractivity contribution in [3.63, 3.8) is 0 Å². The molecule has 0 spiro atoms. The monoisotopic (exact) mass is 252 g/mol. The van der Waals surface area contributed by atoms with Gasteiger partial charge in [-0.3, -0.25) is 10.1 Å². The summed E-state index contributed by atoms with van der Waals surface area (Å²) in [6.07, 6.45) is 1.54. The summed E-state index contributed by atoms with van der Waals surface area (Å²) < 4.78 is 5.44. The maximum absolute atomic E-state index is 11.1. The van der Waals surface area contributed by atoms with Crippen LogP contribution >= 0.6 is 0 Å². The molecule has 1 aliphatic rings. The lowest BCUT2D eigenvalue weighted by atomic mass is 10.2. The van der Waals surface area contributed by atoms with Gasteiger partial charge in [0.15, 0.2) is 0 Å². The minimum atomic E-state index is -0.401. The quantitative estimate of drug-likeness (QED) is 0.620. The Hall–Kier alpha value is -1.73. The number of pyridine rings is 1. The van der Waals surface area contributed by atoms with E-state index in [1.54, 1.807) is 13.1 Å². The molecule has 0 amide bonds. The SMILES string of the molecule is Cc1cnc(N2CCOC(CN)C2)c([N+](=O)[O-])c1. The van der Waals surface area contributed by atoms with Crippen molar-refractivity contribution in [1.29, 1.82) is 0 Å². The van der Waals surface area contributed by atoms with Crippen LogP contribution in [0.15, 0.2) is 12.3 Å². The normalized spacial score (nSPS) is 19.9. The molecule has 2 N–H and O–H groups in total. The van der Waals surface area contributed by atoms with Crippen molar-refractivity contribution >= 4 is 11.5 Å². The fourth-order valence-electron chi connectivity index (χ4n) is 1.98. The predicted molar refractivity (Wildman–Crippen MR) is 66.6 cm³/mol. The number of aromatic nitrogens is 1. The van der Waals surface area contributed by atoms with Gasteiger partial charge in [-0.05, 0) is 12.5 Å². The molecule has 1 saturated heterocycles. The molecule has 18 heavy (non-hydrogen) atoms. The van der Waals surface area contributed by atoms with Gasteiger partial charge in [0.25, 0.3) is 0 Å². The van der Waals surface area contributed by atoms with E-state index in [1.807, 2.05) is 4.90 Å². The van der Waals surface area contributed by atoms with E-state index >= 15 is 0 Å². The van der Waals surface area contributed by atoms with Gasteiger partial charge in [-0.1, -0.05) is 0 Å². The second kappa shape index (κ2) is 5.28. The van der Waals surface area contributed by atoms with E-state index in [-0.39, 0.29) is 11.8 Å². The molecule has 1 fully saturated rings. The molecule has 98 valence electrons. The molecule has 7 heteroatoms. The summed E-state index contributed by atoms with van der Waals surface area (Å²) in [6, 6.07) is 1.54. The minimum Gasteiger partial charge on any atom is -0.373 e. The number of nitro groups is 1. The van der Waals surface area contributed by atoms with Gasteiger partial charge < -0.3 is 15.4 Å². The van der Waals surface area contributed by atoms with E-state index in [1.165, 1.54) is 6.07 Å². The third-order valence-corrected chi connectivity index (χ3v) is 2.88. The summed E-state index contributed by atoms with van der Waals surface area (Å²) in [5, 5.41) is 11.1. The van der Waals surface area contributed by atoms with Crippen LogP contribution in [-0.2, 0) is 4.74 Å². The number of anilines is 1. The van der Waals surface area contributed by atoms with Crippen LogP contribution < -0.4 is 10.6 Å². The average molecular weight is 252 g/mol. The van der Waals surface area contributed by atoms with Crippen LogP contribution in [0, 0.1) is 17.0 Å². The third kappa shape index (κ3) is 2.57. The summed E-state index contributed by atoms with van der Waals surface area (Å²) in [4.78, 5) is 16.7. The maximum Gasteiger partial charge on any atom is 0.311 e. The van der Waals surface area contributed by atoms with Crippen molar-refractivity contribution in [3.8, 4) is 0 Å². The van der Waals surface area contributed by atoms with Gasteiger partial charge in [0.05, 0.1) is 17.6 Å². The van der Waals surface area contributed by atoms with Gasteiger partial charge in [-0.15, -0.1) is 0 Å². The number of aryl methyl sites for hydroxylation is 1. The van der Waals surface area contributed by atoms with Crippen molar-refractivity contribution in [3.05, 3.63) is 27.9 Å². The third-order valence-electron chi connectivity index (χ3n) is 2.88. The lowest BCUT2D eigenvalue weighted by Gasteiger charge is -2.32. The molecule has 0 aromatic carbocycles. The zero-order valence-electron chi connectivity index (χ0n) is 10.2. The van der Waals surface area contributed by atoms with Gasteiger partial charge in [0.2, 0.25) is 5.82 Å². The van der Waals surface area contributed by atoms with Crippen LogP contribution in [0.3, 0.4) is 0 Å². The summed E-state index contributed by atoms with van der Waals surface area (Å²) in [5.41, 5.74) is 6.37. The van der Waals surface area contributed by atoms with Crippen LogP contribution in [0.25, 0.3) is 0 Å². The van der Waals surface area contributed by atoms with E-state index < -0.39 is 4.92 Å². The number of rotatable bonds is 3. The van der Waals surface area contributed by atoms with E-state index in [0.29, 0.717) is 32.1 Å². The second-order valence-electron chi connectivity index (χ2n) is 4.29. The van der Waals surface area contributed by atoms with Crippen LogP contribution in [0.4, 0.5) is 11.5 Å². The van der Waals surface area contributed by atoms with E-state index in [9.17, 15) is 10.1 Å². The fraction of sp³-hybridized carbons (Fsp3) is 0.545. The Morgan fingerprint density at radius 3 is 3.17 bits per heavy atom. The Balaban J connectivity index is 2.29. The molecule has 2 heterocycles. The van der Waals surface area contributed by atoms with Crippen molar-refractivity contribution in [1.82, 2.24) is 4.98 Å². The van der Waals surface area contributed by atoms with Crippen molar-refractivity contribution < 1.29 is 9.66 Å². The highest BCUT2D eigenvalue weighted by Gasteiger charge is 2.26. The Kier molecular flexibility index (Phi) is 3.73. The first-order chi connectivity index (χ1) is 8.61. The number of hydrogen-bond donors (Lipinski definition) is 1. The molecule has 1 atom stereocenters. The first kappa shape index (κ1) is 12.7. The standard InChI is InChI=1S/C11H16N4O3/c1-8-4-10(15(16)17)11(13-6-8)14-2-3-18-9(5-12)7-14/h4,6,9H,2-3,5,7,12H2,1H3. The van der Waals surface area contributed by atoms with E-state index in [2.05, 4.69) is 4.98 Å². The summed E-state index contributed by atoms with van der Waals surface area (Å²) in [7, 11) is 0. The van der Waals surface area contributed by atoms with Gasteiger partial charge in [0.1, 0.15) is 0 Å². The Morgan fingerprint density at radius 1 is 1.72 bits per heavy atom.